The molecular formula is C18H25N5O2S. The number of aromatic nitrogens is 3. The van der Waals surface area contributed by atoms with E-state index in [4.69, 9.17) is 4.74 Å². The van der Waals surface area contributed by atoms with E-state index in [9.17, 15) is 4.79 Å². The molecule has 0 aliphatic carbocycles. The monoisotopic (exact) mass is 375 g/mol. The van der Waals surface area contributed by atoms with E-state index in [2.05, 4.69) is 22.0 Å². The molecule has 0 unspecified atom stereocenters. The summed E-state index contributed by atoms with van der Waals surface area (Å²) >= 11 is 1.43. The summed E-state index contributed by atoms with van der Waals surface area (Å²) in [7, 11) is 1.64. The van der Waals surface area contributed by atoms with Crippen LogP contribution in [0.15, 0.2) is 35.7 Å². The van der Waals surface area contributed by atoms with E-state index >= 15 is 0 Å². The zero-order valence-corrected chi connectivity index (χ0v) is 16.3. The second-order valence-electron chi connectivity index (χ2n) is 6.17. The van der Waals surface area contributed by atoms with Gasteiger partial charge in [0, 0.05) is 26.2 Å². The fourth-order valence-electron chi connectivity index (χ4n) is 3.05. The van der Waals surface area contributed by atoms with E-state index in [1.54, 1.807) is 13.4 Å². The van der Waals surface area contributed by atoms with Crippen molar-refractivity contribution in [1.82, 2.24) is 24.6 Å². The number of para-hydroxylation sites is 2. The van der Waals surface area contributed by atoms with E-state index in [1.165, 1.54) is 11.8 Å². The third-order valence-corrected chi connectivity index (χ3v) is 5.67. The van der Waals surface area contributed by atoms with Gasteiger partial charge in [0.25, 0.3) is 0 Å². The van der Waals surface area contributed by atoms with E-state index < -0.39 is 0 Å². The fourth-order valence-corrected chi connectivity index (χ4v) is 3.97. The third kappa shape index (κ3) is 4.02. The summed E-state index contributed by atoms with van der Waals surface area (Å²) in [4.78, 5) is 17.1. The molecule has 1 saturated heterocycles. The van der Waals surface area contributed by atoms with E-state index in [-0.39, 0.29) is 11.2 Å². The first-order valence-electron chi connectivity index (χ1n) is 8.85. The van der Waals surface area contributed by atoms with Crippen LogP contribution < -0.4 is 4.74 Å². The van der Waals surface area contributed by atoms with Crippen LogP contribution in [-0.2, 0) is 4.79 Å². The topological polar surface area (TPSA) is 63.5 Å². The highest BCUT2D eigenvalue weighted by molar-refractivity contribution is 8.00. The van der Waals surface area contributed by atoms with Crippen LogP contribution in [0.5, 0.6) is 5.75 Å². The van der Waals surface area contributed by atoms with Gasteiger partial charge in [-0.1, -0.05) is 30.8 Å². The van der Waals surface area contributed by atoms with Gasteiger partial charge >= 0.3 is 0 Å². The molecule has 1 atom stereocenters. The van der Waals surface area contributed by atoms with Crippen molar-refractivity contribution in [3.63, 3.8) is 0 Å². The molecule has 1 fully saturated rings. The lowest BCUT2D eigenvalue weighted by Crippen LogP contribution is -2.50. The normalized spacial score (nSPS) is 16.5. The zero-order chi connectivity index (χ0) is 18.5. The lowest BCUT2D eigenvalue weighted by molar-refractivity contribution is -0.132. The SMILES string of the molecule is CCN1CCN(C(=O)[C@H](C)Sc2nncn2-c2ccccc2OC)CC1. The minimum atomic E-state index is -0.221. The molecule has 0 radical (unpaired) electrons. The van der Waals surface area contributed by atoms with Gasteiger partial charge in [-0.15, -0.1) is 10.2 Å². The Morgan fingerprint density at radius 1 is 1.27 bits per heavy atom. The highest BCUT2D eigenvalue weighted by Crippen LogP contribution is 2.29. The van der Waals surface area contributed by atoms with Crippen LogP contribution in [-0.4, -0.2) is 75.6 Å². The Balaban J connectivity index is 1.70. The molecule has 1 aromatic heterocycles. The Morgan fingerprint density at radius 2 is 2.00 bits per heavy atom. The number of thioether (sulfide) groups is 1. The molecule has 0 N–H and O–H groups in total. The van der Waals surface area contributed by atoms with Crippen LogP contribution in [0.25, 0.3) is 5.69 Å². The van der Waals surface area contributed by atoms with Crippen molar-refractivity contribution < 1.29 is 9.53 Å². The van der Waals surface area contributed by atoms with E-state index in [0.717, 1.165) is 44.2 Å². The maximum Gasteiger partial charge on any atom is 0.235 e. The highest BCUT2D eigenvalue weighted by Gasteiger charge is 2.26. The first kappa shape index (κ1) is 18.7. The van der Waals surface area contributed by atoms with Gasteiger partial charge in [0.05, 0.1) is 18.0 Å². The van der Waals surface area contributed by atoms with Crippen LogP contribution >= 0.6 is 11.8 Å². The summed E-state index contributed by atoms with van der Waals surface area (Å²) in [6.07, 6.45) is 1.65. The number of benzene rings is 1. The van der Waals surface area contributed by atoms with Crippen molar-refractivity contribution in [3.8, 4) is 11.4 Å². The number of nitrogens with zero attached hydrogens (tertiary/aromatic N) is 5. The van der Waals surface area contributed by atoms with Gasteiger partial charge in [0.15, 0.2) is 5.16 Å². The van der Waals surface area contributed by atoms with Crippen molar-refractivity contribution in [2.45, 2.75) is 24.3 Å². The number of hydrogen-bond donors (Lipinski definition) is 0. The number of likely N-dealkylation sites (N-methyl/N-ethyl adjacent to an activating group) is 1. The summed E-state index contributed by atoms with van der Waals surface area (Å²) in [5.41, 5.74) is 0.860. The predicted molar refractivity (Wildman–Crippen MR) is 102 cm³/mol. The van der Waals surface area contributed by atoms with Gasteiger partial charge in [-0.05, 0) is 25.6 Å². The molecule has 140 valence electrons. The van der Waals surface area contributed by atoms with Gasteiger partial charge in [0.1, 0.15) is 12.1 Å². The van der Waals surface area contributed by atoms with E-state index in [0.29, 0.717) is 5.16 Å². The molecule has 1 amide bonds. The van der Waals surface area contributed by atoms with Gasteiger partial charge in [-0.2, -0.15) is 0 Å². The van der Waals surface area contributed by atoms with Crippen LogP contribution in [0.2, 0.25) is 0 Å². The minimum absolute atomic E-state index is 0.153. The third-order valence-electron chi connectivity index (χ3n) is 4.62. The summed E-state index contributed by atoms with van der Waals surface area (Å²) in [6, 6.07) is 7.70. The molecule has 3 rings (SSSR count). The number of piperazine rings is 1. The van der Waals surface area contributed by atoms with Gasteiger partial charge in [-0.3, -0.25) is 9.36 Å². The Kier molecular flexibility index (Phi) is 6.16. The number of carbonyl (C=O) groups is 1. The maximum atomic E-state index is 12.8. The lowest BCUT2D eigenvalue weighted by Gasteiger charge is -2.35. The van der Waals surface area contributed by atoms with E-state index in [1.807, 2.05) is 40.7 Å². The first-order chi connectivity index (χ1) is 12.6. The molecule has 7 nitrogen and oxygen atoms in total. The second kappa shape index (κ2) is 8.55. The number of rotatable bonds is 6. The Bertz CT molecular complexity index is 743. The molecule has 2 aromatic rings. The molecule has 0 spiro atoms. The smallest absolute Gasteiger partial charge is 0.235 e. The van der Waals surface area contributed by atoms with Gasteiger partial charge in [-0.25, -0.2) is 0 Å². The fraction of sp³-hybridized carbons (Fsp3) is 0.500. The predicted octanol–water partition coefficient (Wildman–Crippen LogP) is 1.92. The Morgan fingerprint density at radius 3 is 2.69 bits per heavy atom. The van der Waals surface area contributed by atoms with Crippen LogP contribution in [0, 0.1) is 0 Å². The summed E-state index contributed by atoms with van der Waals surface area (Å²) in [5.74, 6) is 0.893. The Hall–Kier alpha value is -2.06. The molecule has 0 saturated carbocycles. The van der Waals surface area contributed by atoms with Crippen molar-refractivity contribution in [1.29, 1.82) is 0 Å². The largest absolute Gasteiger partial charge is 0.495 e. The van der Waals surface area contributed by atoms with Crippen LogP contribution in [0.4, 0.5) is 0 Å². The molecule has 0 bridgehead atoms. The Labute approximate surface area is 158 Å². The molecule has 2 heterocycles. The van der Waals surface area contributed by atoms with Crippen molar-refractivity contribution in [2.24, 2.45) is 0 Å². The van der Waals surface area contributed by atoms with Crippen molar-refractivity contribution >= 4 is 17.7 Å². The van der Waals surface area contributed by atoms with Crippen LogP contribution in [0.3, 0.4) is 0 Å². The minimum Gasteiger partial charge on any atom is -0.495 e. The summed E-state index contributed by atoms with van der Waals surface area (Å²) in [6.45, 7) is 8.58. The zero-order valence-electron chi connectivity index (χ0n) is 15.5. The molecule has 1 aliphatic heterocycles. The summed E-state index contributed by atoms with van der Waals surface area (Å²) < 4.78 is 7.29. The van der Waals surface area contributed by atoms with Crippen molar-refractivity contribution in [2.75, 3.05) is 39.8 Å². The standard InChI is InChI=1S/C18H25N5O2S/c1-4-21-9-11-22(12-10-21)17(24)14(2)26-18-20-19-13-23(18)15-7-5-6-8-16(15)25-3/h5-8,13-14H,4,9-12H2,1-3H3/t14-/m0/s1. The lowest BCUT2D eigenvalue weighted by atomic mass is 10.3. The quantitative estimate of drug-likeness (QED) is 0.719. The number of hydrogen-bond acceptors (Lipinski definition) is 6. The number of amides is 1. The summed E-state index contributed by atoms with van der Waals surface area (Å²) in [5, 5.41) is 8.69. The first-order valence-corrected chi connectivity index (χ1v) is 9.73. The van der Waals surface area contributed by atoms with Crippen LogP contribution in [0.1, 0.15) is 13.8 Å². The number of carbonyl (C=O) groups excluding carboxylic acids is 1. The average Bonchev–Trinajstić information content (AvgIpc) is 3.15. The average molecular weight is 375 g/mol. The van der Waals surface area contributed by atoms with Crippen molar-refractivity contribution in [3.05, 3.63) is 30.6 Å². The molecule has 1 aliphatic rings. The number of methoxy groups -OCH3 is 1. The maximum absolute atomic E-state index is 12.8. The highest BCUT2D eigenvalue weighted by atomic mass is 32.2. The van der Waals surface area contributed by atoms with Gasteiger partial charge in [0.2, 0.25) is 5.91 Å². The molecule has 1 aromatic carbocycles. The van der Waals surface area contributed by atoms with Gasteiger partial charge < -0.3 is 14.5 Å². The number of ether oxygens (including phenoxy) is 1. The molecule has 8 heteroatoms. The second-order valence-corrected chi connectivity index (χ2v) is 7.48. The molecule has 26 heavy (non-hydrogen) atoms. The molecular weight excluding hydrogens is 350 g/mol.